The van der Waals surface area contributed by atoms with Crippen LogP contribution in [0.5, 0.6) is 0 Å². The van der Waals surface area contributed by atoms with Gasteiger partial charge in [-0.2, -0.15) is 0 Å². The zero-order chi connectivity index (χ0) is 13.5. The molecule has 4 heteroatoms. The fourth-order valence-corrected chi connectivity index (χ4v) is 1.81. The van der Waals surface area contributed by atoms with Gasteiger partial charge in [-0.1, -0.05) is 12.1 Å². The molecule has 0 saturated heterocycles. The molecule has 0 aromatic heterocycles. The van der Waals surface area contributed by atoms with Crippen LogP contribution in [0, 0.1) is 5.82 Å². The Balaban J connectivity index is 2.80. The van der Waals surface area contributed by atoms with Gasteiger partial charge in [0.1, 0.15) is 11.6 Å². The van der Waals surface area contributed by atoms with E-state index in [9.17, 15) is 14.0 Å². The molecule has 0 N–H and O–H groups in total. The number of halogens is 1. The van der Waals surface area contributed by atoms with E-state index in [1.165, 1.54) is 19.1 Å². The third kappa shape index (κ3) is 4.65. The van der Waals surface area contributed by atoms with Crippen molar-refractivity contribution in [2.24, 2.45) is 0 Å². The van der Waals surface area contributed by atoms with Gasteiger partial charge in [-0.3, -0.25) is 4.79 Å². The van der Waals surface area contributed by atoms with Gasteiger partial charge in [-0.15, -0.1) is 0 Å². The Hall–Kier alpha value is -1.71. The van der Waals surface area contributed by atoms with Gasteiger partial charge in [0, 0.05) is 12.3 Å². The van der Waals surface area contributed by atoms with Gasteiger partial charge in [-0.25, -0.2) is 4.39 Å². The molecule has 1 rings (SSSR count). The zero-order valence-electron chi connectivity index (χ0n) is 10.6. The van der Waals surface area contributed by atoms with Crippen LogP contribution in [-0.4, -0.2) is 18.4 Å². The number of hydrogen-bond acceptors (Lipinski definition) is 3. The van der Waals surface area contributed by atoms with Crippen LogP contribution in [0.25, 0.3) is 0 Å². The summed E-state index contributed by atoms with van der Waals surface area (Å²) in [4.78, 5) is 22.7. The highest BCUT2D eigenvalue weighted by Gasteiger charge is 2.18. The molecular formula is C14H17FO3. The third-order valence-corrected chi connectivity index (χ3v) is 2.59. The largest absolute Gasteiger partial charge is 0.466 e. The van der Waals surface area contributed by atoms with Crippen molar-refractivity contribution in [3.8, 4) is 0 Å². The molecule has 0 fully saturated rings. The second kappa shape index (κ2) is 6.89. The minimum Gasteiger partial charge on any atom is -0.466 e. The number of ether oxygens (including phenoxy) is 1. The quantitative estimate of drug-likeness (QED) is 0.731. The van der Waals surface area contributed by atoms with E-state index in [0.29, 0.717) is 6.61 Å². The van der Waals surface area contributed by atoms with E-state index in [2.05, 4.69) is 0 Å². The van der Waals surface area contributed by atoms with E-state index < -0.39 is 0 Å². The zero-order valence-corrected chi connectivity index (χ0v) is 10.6. The number of esters is 1. The summed E-state index contributed by atoms with van der Waals surface area (Å²) in [5.41, 5.74) is 0.777. The standard InChI is InChI=1S/C14H17FO3/c1-3-18-14(17)9-12(8-10(2)16)11-4-6-13(15)7-5-11/h4-7,12H,3,8-9H2,1-2H3/t12-/m1/s1. The summed E-state index contributed by atoms with van der Waals surface area (Å²) >= 11 is 0. The molecule has 0 saturated carbocycles. The van der Waals surface area contributed by atoms with Crippen LogP contribution in [0.2, 0.25) is 0 Å². The number of benzene rings is 1. The summed E-state index contributed by atoms with van der Waals surface area (Å²) < 4.78 is 17.7. The first-order valence-corrected chi connectivity index (χ1v) is 5.93. The molecule has 1 atom stereocenters. The fourth-order valence-electron chi connectivity index (χ4n) is 1.81. The Labute approximate surface area is 106 Å². The molecule has 3 nitrogen and oxygen atoms in total. The van der Waals surface area contributed by atoms with Crippen LogP contribution >= 0.6 is 0 Å². The lowest BCUT2D eigenvalue weighted by Gasteiger charge is -2.15. The maximum absolute atomic E-state index is 12.8. The van der Waals surface area contributed by atoms with Gasteiger partial charge in [0.05, 0.1) is 13.0 Å². The Morgan fingerprint density at radius 2 is 1.83 bits per heavy atom. The highest BCUT2D eigenvalue weighted by atomic mass is 19.1. The van der Waals surface area contributed by atoms with Crippen molar-refractivity contribution in [3.05, 3.63) is 35.6 Å². The first-order chi connectivity index (χ1) is 8.52. The number of carbonyl (C=O) groups is 2. The highest BCUT2D eigenvalue weighted by molar-refractivity contribution is 5.78. The number of carbonyl (C=O) groups excluding carboxylic acids is 2. The topological polar surface area (TPSA) is 43.4 Å². The molecule has 0 radical (unpaired) electrons. The van der Waals surface area contributed by atoms with E-state index in [0.717, 1.165) is 5.56 Å². The van der Waals surface area contributed by atoms with Gasteiger partial charge < -0.3 is 9.53 Å². The Morgan fingerprint density at radius 1 is 1.22 bits per heavy atom. The molecule has 1 aromatic rings. The monoisotopic (exact) mass is 252 g/mol. The van der Waals surface area contributed by atoms with Crippen LogP contribution in [0.3, 0.4) is 0 Å². The smallest absolute Gasteiger partial charge is 0.306 e. The summed E-state index contributed by atoms with van der Waals surface area (Å²) in [5, 5.41) is 0. The lowest BCUT2D eigenvalue weighted by Crippen LogP contribution is -2.13. The molecule has 1 aromatic carbocycles. The number of Topliss-reactive ketones (excluding diaryl/α,β-unsaturated/α-hetero) is 1. The third-order valence-electron chi connectivity index (χ3n) is 2.59. The van der Waals surface area contributed by atoms with Crippen molar-refractivity contribution in [2.45, 2.75) is 32.6 Å². The van der Waals surface area contributed by atoms with Gasteiger partial charge in [0.15, 0.2) is 0 Å². The fraction of sp³-hybridized carbons (Fsp3) is 0.429. The summed E-state index contributed by atoms with van der Waals surface area (Å²) in [6, 6.07) is 5.85. The molecule has 18 heavy (non-hydrogen) atoms. The van der Waals surface area contributed by atoms with Crippen molar-refractivity contribution in [2.75, 3.05) is 6.61 Å². The molecule has 0 amide bonds. The maximum Gasteiger partial charge on any atom is 0.306 e. The lowest BCUT2D eigenvalue weighted by atomic mass is 9.91. The van der Waals surface area contributed by atoms with Gasteiger partial charge >= 0.3 is 5.97 Å². The van der Waals surface area contributed by atoms with E-state index in [-0.39, 0.29) is 36.3 Å². The van der Waals surface area contributed by atoms with Crippen molar-refractivity contribution < 1.29 is 18.7 Å². The molecule has 0 spiro atoms. The van der Waals surface area contributed by atoms with E-state index in [1.54, 1.807) is 19.1 Å². The van der Waals surface area contributed by atoms with Gasteiger partial charge in [0.2, 0.25) is 0 Å². The number of ketones is 1. The molecule has 0 aliphatic carbocycles. The van der Waals surface area contributed by atoms with Crippen LogP contribution in [-0.2, 0) is 14.3 Å². The predicted molar refractivity (Wildman–Crippen MR) is 65.7 cm³/mol. The molecule has 0 unspecified atom stereocenters. The first-order valence-electron chi connectivity index (χ1n) is 5.93. The second-order valence-electron chi connectivity index (χ2n) is 4.16. The molecule has 0 bridgehead atoms. The second-order valence-corrected chi connectivity index (χ2v) is 4.16. The molecule has 0 heterocycles. The minimum absolute atomic E-state index is 0.00590. The van der Waals surface area contributed by atoms with E-state index in [4.69, 9.17) is 4.74 Å². The summed E-state index contributed by atoms with van der Waals surface area (Å²) in [5.74, 6) is -0.930. The molecule has 0 aliphatic rings. The van der Waals surface area contributed by atoms with Crippen molar-refractivity contribution in [1.82, 2.24) is 0 Å². The van der Waals surface area contributed by atoms with Crippen LogP contribution in [0.15, 0.2) is 24.3 Å². The Kier molecular flexibility index (Phi) is 5.49. The van der Waals surface area contributed by atoms with Crippen LogP contribution in [0.1, 0.15) is 38.2 Å². The van der Waals surface area contributed by atoms with Gasteiger partial charge in [-0.05, 0) is 31.5 Å². The summed E-state index contributed by atoms with van der Waals surface area (Å²) in [6.07, 6.45) is 0.392. The van der Waals surface area contributed by atoms with Crippen molar-refractivity contribution >= 4 is 11.8 Å². The van der Waals surface area contributed by atoms with E-state index in [1.807, 2.05) is 0 Å². The highest BCUT2D eigenvalue weighted by Crippen LogP contribution is 2.24. The summed E-state index contributed by atoms with van der Waals surface area (Å²) in [7, 11) is 0. The minimum atomic E-state index is -0.340. The average Bonchev–Trinajstić information content (AvgIpc) is 2.28. The maximum atomic E-state index is 12.8. The Morgan fingerprint density at radius 3 is 2.33 bits per heavy atom. The molecule has 98 valence electrons. The van der Waals surface area contributed by atoms with Crippen LogP contribution < -0.4 is 0 Å². The Bertz CT molecular complexity index is 412. The first kappa shape index (κ1) is 14.4. The number of hydrogen-bond donors (Lipinski definition) is 0. The normalized spacial score (nSPS) is 11.9. The predicted octanol–water partition coefficient (Wildman–Crippen LogP) is 2.84. The molecular weight excluding hydrogens is 235 g/mol. The van der Waals surface area contributed by atoms with Crippen LogP contribution in [0.4, 0.5) is 4.39 Å². The van der Waals surface area contributed by atoms with Gasteiger partial charge in [0.25, 0.3) is 0 Å². The lowest BCUT2D eigenvalue weighted by molar-refractivity contribution is -0.143. The summed E-state index contributed by atoms with van der Waals surface area (Å²) in [6.45, 7) is 3.52. The average molecular weight is 252 g/mol. The van der Waals surface area contributed by atoms with Crippen molar-refractivity contribution in [1.29, 1.82) is 0 Å². The molecule has 0 aliphatic heterocycles. The van der Waals surface area contributed by atoms with E-state index >= 15 is 0 Å². The van der Waals surface area contributed by atoms with Crippen molar-refractivity contribution in [3.63, 3.8) is 0 Å². The SMILES string of the molecule is CCOC(=O)C[C@@H](CC(C)=O)c1ccc(F)cc1. The number of rotatable bonds is 6.